The van der Waals surface area contributed by atoms with Crippen molar-refractivity contribution in [1.82, 2.24) is 10.2 Å². The molecule has 0 atom stereocenters. The highest BCUT2D eigenvalue weighted by molar-refractivity contribution is 6.04. The number of amides is 1. The van der Waals surface area contributed by atoms with Gasteiger partial charge in [0.1, 0.15) is 0 Å². The molecule has 0 radical (unpaired) electrons. The summed E-state index contributed by atoms with van der Waals surface area (Å²) in [5.74, 6) is -1.37. The molecule has 20 heavy (non-hydrogen) atoms. The molecule has 1 saturated heterocycles. The number of carboxylic acid groups (broad SMARTS) is 1. The Bertz CT molecular complexity index is 494. The molecule has 1 aliphatic rings. The van der Waals surface area contributed by atoms with Crippen molar-refractivity contribution >= 4 is 11.9 Å². The van der Waals surface area contributed by atoms with Gasteiger partial charge in [-0.05, 0) is 31.5 Å². The molecule has 2 rings (SSSR count). The molecule has 5 nitrogen and oxygen atoms in total. The number of likely N-dealkylation sites (tertiary alicyclic amines) is 1. The van der Waals surface area contributed by atoms with Crippen molar-refractivity contribution in [3.63, 3.8) is 0 Å². The van der Waals surface area contributed by atoms with Crippen molar-refractivity contribution in [2.24, 2.45) is 0 Å². The Morgan fingerprint density at radius 3 is 2.40 bits per heavy atom. The van der Waals surface area contributed by atoms with Crippen molar-refractivity contribution in [2.45, 2.75) is 25.8 Å². The number of nitrogens with zero attached hydrogens (tertiary/aromatic N) is 1. The molecule has 1 amide bonds. The minimum atomic E-state index is -1.07. The summed E-state index contributed by atoms with van der Waals surface area (Å²) in [5, 5.41) is 12.0. The lowest BCUT2D eigenvalue weighted by atomic mass is 10.0. The summed E-state index contributed by atoms with van der Waals surface area (Å²) in [4.78, 5) is 25.7. The van der Waals surface area contributed by atoms with Crippen molar-refractivity contribution in [3.8, 4) is 0 Å². The number of carbonyl (C=O) groups excluding carboxylic acids is 1. The molecule has 0 saturated carbocycles. The lowest BCUT2D eigenvalue weighted by molar-refractivity contribution is 0.0689. The topological polar surface area (TPSA) is 69.6 Å². The summed E-state index contributed by atoms with van der Waals surface area (Å²) in [6.07, 6.45) is 1.82. The largest absolute Gasteiger partial charge is 0.478 e. The maximum Gasteiger partial charge on any atom is 0.336 e. The molecule has 2 N–H and O–H groups in total. The fourth-order valence-electron chi connectivity index (χ4n) is 2.52. The Kier molecular flexibility index (Phi) is 4.74. The predicted molar refractivity (Wildman–Crippen MR) is 76.0 cm³/mol. The van der Waals surface area contributed by atoms with E-state index in [0.717, 1.165) is 32.5 Å². The van der Waals surface area contributed by atoms with Crippen LogP contribution in [0.3, 0.4) is 0 Å². The van der Waals surface area contributed by atoms with Crippen LogP contribution in [0.15, 0.2) is 24.3 Å². The highest BCUT2D eigenvalue weighted by atomic mass is 16.4. The molecule has 1 heterocycles. The second-order valence-electron chi connectivity index (χ2n) is 5.03. The summed E-state index contributed by atoms with van der Waals surface area (Å²) in [7, 11) is 0. The van der Waals surface area contributed by atoms with Crippen LogP contribution in [0.25, 0.3) is 0 Å². The van der Waals surface area contributed by atoms with Gasteiger partial charge in [0.2, 0.25) is 0 Å². The molecule has 1 aromatic carbocycles. The quantitative estimate of drug-likeness (QED) is 0.876. The van der Waals surface area contributed by atoms with E-state index < -0.39 is 5.97 Å². The van der Waals surface area contributed by atoms with Crippen LogP contribution in [0.5, 0.6) is 0 Å². The second-order valence-corrected chi connectivity index (χ2v) is 5.03. The molecule has 1 aromatic rings. The Morgan fingerprint density at radius 1 is 1.25 bits per heavy atom. The number of hydrogen-bond donors (Lipinski definition) is 2. The van der Waals surface area contributed by atoms with Gasteiger partial charge in [-0.15, -0.1) is 0 Å². The third-order valence-electron chi connectivity index (χ3n) is 3.77. The highest BCUT2D eigenvalue weighted by Crippen LogP contribution is 2.13. The van der Waals surface area contributed by atoms with Crippen molar-refractivity contribution in [3.05, 3.63) is 35.4 Å². The Morgan fingerprint density at radius 2 is 1.85 bits per heavy atom. The number of aromatic carboxylic acids is 1. The van der Waals surface area contributed by atoms with E-state index in [1.807, 2.05) is 0 Å². The average molecular weight is 276 g/mol. The zero-order chi connectivity index (χ0) is 14.5. The van der Waals surface area contributed by atoms with E-state index >= 15 is 0 Å². The first-order valence-corrected chi connectivity index (χ1v) is 6.97. The average Bonchev–Trinajstić information content (AvgIpc) is 2.48. The minimum Gasteiger partial charge on any atom is -0.478 e. The van der Waals surface area contributed by atoms with Crippen LogP contribution in [0.2, 0.25) is 0 Å². The third-order valence-corrected chi connectivity index (χ3v) is 3.77. The Labute approximate surface area is 118 Å². The van der Waals surface area contributed by atoms with Gasteiger partial charge in [0.25, 0.3) is 5.91 Å². The first kappa shape index (κ1) is 14.5. The fraction of sp³-hybridized carbons (Fsp3) is 0.467. The third kappa shape index (κ3) is 3.36. The number of nitrogens with one attached hydrogen (secondary N) is 1. The SMILES string of the molecule is CCN1CCC(NC(=O)c2ccccc2C(=O)O)CC1. The maximum absolute atomic E-state index is 12.2. The van der Waals surface area contributed by atoms with Crippen LogP contribution in [0.4, 0.5) is 0 Å². The Hall–Kier alpha value is -1.88. The summed E-state index contributed by atoms with van der Waals surface area (Å²) in [5.41, 5.74) is 0.286. The molecule has 0 aromatic heterocycles. The number of hydrogen-bond acceptors (Lipinski definition) is 3. The van der Waals surface area contributed by atoms with E-state index in [-0.39, 0.29) is 23.1 Å². The van der Waals surface area contributed by atoms with Gasteiger partial charge >= 0.3 is 5.97 Å². The van der Waals surface area contributed by atoms with E-state index in [9.17, 15) is 9.59 Å². The number of carbonyl (C=O) groups is 2. The van der Waals surface area contributed by atoms with Crippen LogP contribution >= 0.6 is 0 Å². The monoisotopic (exact) mass is 276 g/mol. The van der Waals surface area contributed by atoms with Crippen molar-refractivity contribution in [1.29, 1.82) is 0 Å². The number of carboxylic acids is 1. The highest BCUT2D eigenvalue weighted by Gasteiger charge is 2.22. The molecular weight excluding hydrogens is 256 g/mol. The molecule has 1 fully saturated rings. The molecule has 1 aliphatic heterocycles. The molecule has 0 spiro atoms. The molecule has 0 aliphatic carbocycles. The van der Waals surface area contributed by atoms with Gasteiger partial charge < -0.3 is 15.3 Å². The molecule has 0 bridgehead atoms. The summed E-state index contributed by atoms with van der Waals surface area (Å²) >= 11 is 0. The summed E-state index contributed by atoms with van der Waals surface area (Å²) in [6, 6.07) is 6.45. The zero-order valence-corrected chi connectivity index (χ0v) is 11.6. The summed E-state index contributed by atoms with van der Waals surface area (Å²) < 4.78 is 0. The standard InChI is InChI=1S/C15H20N2O3/c1-2-17-9-7-11(8-10-17)16-14(18)12-5-3-4-6-13(12)15(19)20/h3-6,11H,2,7-10H2,1H3,(H,16,18)(H,19,20). The van der Waals surface area contributed by atoms with Gasteiger partial charge in [0, 0.05) is 19.1 Å². The van der Waals surface area contributed by atoms with Crippen LogP contribution in [-0.2, 0) is 0 Å². The molecule has 0 unspecified atom stereocenters. The number of rotatable bonds is 4. The van der Waals surface area contributed by atoms with Gasteiger partial charge in [-0.25, -0.2) is 4.79 Å². The summed E-state index contributed by atoms with van der Waals surface area (Å²) in [6.45, 7) is 5.11. The lowest BCUT2D eigenvalue weighted by Gasteiger charge is -2.31. The Balaban J connectivity index is 2.01. The van der Waals surface area contributed by atoms with Gasteiger partial charge in [0.05, 0.1) is 11.1 Å². The normalized spacial score (nSPS) is 16.9. The van der Waals surface area contributed by atoms with E-state index in [1.54, 1.807) is 18.2 Å². The van der Waals surface area contributed by atoms with Crippen LogP contribution in [0, 0.1) is 0 Å². The lowest BCUT2D eigenvalue weighted by Crippen LogP contribution is -2.44. The second kappa shape index (κ2) is 6.52. The van der Waals surface area contributed by atoms with Gasteiger partial charge in [-0.2, -0.15) is 0 Å². The smallest absolute Gasteiger partial charge is 0.336 e. The zero-order valence-electron chi connectivity index (χ0n) is 11.6. The van der Waals surface area contributed by atoms with Crippen LogP contribution in [-0.4, -0.2) is 47.6 Å². The fourth-order valence-corrected chi connectivity index (χ4v) is 2.52. The van der Waals surface area contributed by atoms with Crippen molar-refractivity contribution in [2.75, 3.05) is 19.6 Å². The minimum absolute atomic E-state index is 0.0518. The van der Waals surface area contributed by atoms with E-state index in [0.29, 0.717) is 0 Å². The van der Waals surface area contributed by atoms with E-state index in [1.165, 1.54) is 6.07 Å². The molecule has 108 valence electrons. The van der Waals surface area contributed by atoms with Crippen LogP contribution < -0.4 is 5.32 Å². The molecule has 5 heteroatoms. The van der Waals surface area contributed by atoms with E-state index in [2.05, 4.69) is 17.1 Å². The van der Waals surface area contributed by atoms with Gasteiger partial charge in [-0.1, -0.05) is 19.1 Å². The van der Waals surface area contributed by atoms with Crippen molar-refractivity contribution < 1.29 is 14.7 Å². The predicted octanol–water partition coefficient (Wildman–Crippen LogP) is 1.60. The van der Waals surface area contributed by atoms with Gasteiger partial charge in [0.15, 0.2) is 0 Å². The van der Waals surface area contributed by atoms with Gasteiger partial charge in [-0.3, -0.25) is 4.79 Å². The first-order chi connectivity index (χ1) is 9.61. The maximum atomic E-state index is 12.2. The number of piperidine rings is 1. The van der Waals surface area contributed by atoms with E-state index in [4.69, 9.17) is 5.11 Å². The number of benzene rings is 1. The first-order valence-electron chi connectivity index (χ1n) is 6.97. The van der Waals surface area contributed by atoms with Crippen LogP contribution in [0.1, 0.15) is 40.5 Å². The molecular formula is C15H20N2O3.